The smallest absolute Gasteiger partial charge is 0.255 e. The highest BCUT2D eigenvalue weighted by Crippen LogP contribution is 2.33. The maximum atomic E-state index is 12.6. The molecule has 3 rings (SSSR count). The molecule has 122 valence electrons. The number of ether oxygens (including phenoxy) is 1. The fourth-order valence-corrected chi connectivity index (χ4v) is 3.47. The van der Waals surface area contributed by atoms with Gasteiger partial charge in [-0.1, -0.05) is 18.5 Å². The summed E-state index contributed by atoms with van der Waals surface area (Å²) in [5.74, 6) is 0.613. The average Bonchev–Trinajstić information content (AvgIpc) is 3.14. The lowest BCUT2D eigenvalue weighted by Crippen LogP contribution is -2.47. The van der Waals surface area contributed by atoms with Gasteiger partial charge in [-0.25, -0.2) is 0 Å². The van der Waals surface area contributed by atoms with Crippen molar-refractivity contribution >= 4 is 29.9 Å². The number of carbonyl (C=O) groups excluding carboxylic acids is 1. The lowest BCUT2D eigenvalue weighted by Gasteiger charge is -2.24. The predicted octanol–water partition coefficient (Wildman–Crippen LogP) is 2.96. The predicted molar refractivity (Wildman–Crippen MR) is 90.5 cm³/mol. The minimum atomic E-state index is -0.0869. The summed E-state index contributed by atoms with van der Waals surface area (Å²) in [4.78, 5) is 12.6. The Labute approximate surface area is 142 Å². The van der Waals surface area contributed by atoms with Gasteiger partial charge in [-0.3, -0.25) is 4.79 Å². The Morgan fingerprint density at radius 1 is 1.55 bits per heavy atom. The van der Waals surface area contributed by atoms with Crippen LogP contribution in [0.5, 0.6) is 5.75 Å². The van der Waals surface area contributed by atoms with Crippen LogP contribution in [0.3, 0.4) is 0 Å². The van der Waals surface area contributed by atoms with Crippen molar-refractivity contribution in [3.05, 3.63) is 28.3 Å². The summed E-state index contributed by atoms with van der Waals surface area (Å²) >= 11 is 6.12. The number of rotatable bonds is 4. The van der Waals surface area contributed by atoms with Gasteiger partial charge in [0.25, 0.3) is 5.91 Å². The third-order valence-corrected chi connectivity index (χ3v) is 4.55. The summed E-state index contributed by atoms with van der Waals surface area (Å²) < 4.78 is 5.61. The first kappa shape index (κ1) is 17.4. The molecular weight excluding hydrogens is 323 g/mol. The van der Waals surface area contributed by atoms with Crippen molar-refractivity contribution < 1.29 is 9.53 Å². The lowest BCUT2D eigenvalue weighted by molar-refractivity contribution is 0.0924. The number of hydrogen-bond donors (Lipinski definition) is 2. The van der Waals surface area contributed by atoms with E-state index >= 15 is 0 Å². The largest absolute Gasteiger partial charge is 0.492 e. The van der Waals surface area contributed by atoms with Crippen LogP contribution in [0.25, 0.3) is 0 Å². The van der Waals surface area contributed by atoms with Crippen LogP contribution in [0.1, 0.15) is 42.1 Å². The first-order valence-electron chi connectivity index (χ1n) is 7.68. The summed E-state index contributed by atoms with van der Waals surface area (Å²) in [5.41, 5.74) is 1.59. The van der Waals surface area contributed by atoms with Gasteiger partial charge in [-0.05, 0) is 43.5 Å². The quantitative estimate of drug-likeness (QED) is 0.882. The first-order chi connectivity index (χ1) is 10.2. The van der Waals surface area contributed by atoms with Gasteiger partial charge in [-0.15, -0.1) is 12.4 Å². The van der Waals surface area contributed by atoms with E-state index in [1.54, 1.807) is 6.07 Å². The molecule has 1 amide bonds. The van der Waals surface area contributed by atoms with Crippen molar-refractivity contribution in [2.75, 3.05) is 13.2 Å². The normalized spacial score (nSPS) is 20.7. The zero-order chi connectivity index (χ0) is 14.8. The van der Waals surface area contributed by atoms with Crippen molar-refractivity contribution in [3.63, 3.8) is 0 Å². The van der Waals surface area contributed by atoms with E-state index in [1.807, 2.05) is 6.07 Å². The summed E-state index contributed by atoms with van der Waals surface area (Å²) in [6.45, 7) is 3.76. The minimum Gasteiger partial charge on any atom is -0.492 e. The van der Waals surface area contributed by atoms with Crippen molar-refractivity contribution in [1.29, 1.82) is 0 Å². The van der Waals surface area contributed by atoms with Crippen LogP contribution < -0.4 is 15.4 Å². The van der Waals surface area contributed by atoms with Crippen LogP contribution in [-0.2, 0) is 6.42 Å². The molecule has 0 radical (unpaired) electrons. The van der Waals surface area contributed by atoms with Crippen LogP contribution in [0, 0.1) is 0 Å². The van der Waals surface area contributed by atoms with Crippen LogP contribution >= 0.6 is 24.0 Å². The zero-order valence-corrected chi connectivity index (χ0v) is 14.2. The summed E-state index contributed by atoms with van der Waals surface area (Å²) in [6, 6.07) is 4.11. The second kappa shape index (κ2) is 7.53. The van der Waals surface area contributed by atoms with Crippen LogP contribution in [0.2, 0.25) is 5.02 Å². The van der Waals surface area contributed by atoms with Gasteiger partial charge in [0.2, 0.25) is 0 Å². The molecule has 2 heterocycles. The van der Waals surface area contributed by atoms with Gasteiger partial charge < -0.3 is 15.4 Å². The second-order valence-corrected chi connectivity index (χ2v) is 6.17. The molecule has 0 aromatic heterocycles. The molecule has 6 heteroatoms. The number of benzene rings is 1. The van der Waals surface area contributed by atoms with E-state index in [2.05, 4.69) is 17.6 Å². The lowest BCUT2D eigenvalue weighted by atomic mass is 10.0. The van der Waals surface area contributed by atoms with Crippen molar-refractivity contribution in [3.8, 4) is 5.75 Å². The summed E-state index contributed by atoms with van der Waals surface area (Å²) in [5, 5.41) is 7.19. The van der Waals surface area contributed by atoms with E-state index < -0.39 is 0 Å². The molecule has 0 saturated carbocycles. The molecule has 0 aliphatic carbocycles. The van der Waals surface area contributed by atoms with Gasteiger partial charge >= 0.3 is 0 Å². The zero-order valence-electron chi connectivity index (χ0n) is 12.7. The maximum Gasteiger partial charge on any atom is 0.255 e. The van der Waals surface area contributed by atoms with E-state index in [0.717, 1.165) is 31.4 Å². The topological polar surface area (TPSA) is 50.4 Å². The van der Waals surface area contributed by atoms with Gasteiger partial charge in [-0.2, -0.15) is 0 Å². The van der Waals surface area contributed by atoms with Crippen LogP contribution in [0.4, 0.5) is 0 Å². The van der Waals surface area contributed by atoms with Crippen LogP contribution in [0.15, 0.2) is 12.1 Å². The molecule has 2 unspecified atom stereocenters. The fraction of sp³-hybridized carbons (Fsp3) is 0.562. The number of hydrogen-bond acceptors (Lipinski definition) is 3. The summed E-state index contributed by atoms with van der Waals surface area (Å²) in [7, 11) is 0. The molecule has 0 bridgehead atoms. The van der Waals surface area contributed by atoms with Gasteiger partial charge in [0.05, 0.1) is 12.2 Å². The molecule has 0 spiro atoms. The SMILES string of the molecule is CCC(NC(=O)c1cc(Cl)cc2c1OCC2)C1CCCN1.Cl. The van der Waals surface area contributed by atoms with E-state index in [1.165, 1.54) is 6.42 Å². The highest BCUT2D eigenvalue weighted by Gasteiger charge is 2.27. The van der Waals surface area contributed by atoms with Crippen LogP contribution in [-0.4, -0.2) is 31.1 Å². The molecule has 1 saturated heterocycles. The molecule has 22 heavy (non-hydrogen) atoms. The van der Waals surface area contributed by atoms with E-state index in [4.69, 9.17) is 16.3 Å². The molecule has 1 fully saturated rings. The molecule has 4 nitrogen and oxygen atoms in total. The molecule has 2 aliphatic rings. The minimum absolute atomic E-state index is 0. The fourth-order valence-electron chi connectivity index (χ4n) is 3.23. The van der Waals surface area contributed by atoms with E-state index in [0.29, 0.717) is 29.0 Å². The average molecular weight is 345 g/mol. The van der Waals surface area contributed by atoms with Crippen molar-refractivity contribution in [1.82, 2.24) is 10.6 Å². The number of carbonyl (C=O) groups is 1. The van der Waals surface area contributed by atoms with E-state index in [-0.39, 0.29) is 24.4 Å². The monoisotopic (exact) mass is 344 g/mol. The van der Waals surface area contributed by atoms with Gasteiger partial charge in [0.1, 0.15) is 5.75 Å². The Hall–Kier alpha value is -0.970. The molecule has 2 N–H and O–H groups in total. The number of amides is 1. The van der Waals surface area contributed by atoms with Gasteiger partial charge in [0, 0.05) is 23.5 Å². The first-order valence-corrected chi connectivity index (χ1v) is 8.06. The van der Waals surface area contributed by atoms with E-state index in [9.17, 15) is 4.79 Å². The van der Waals surface area contributed by atoms with Crippen molar-refractivity contribution in [2.45, 2.75) is 44.7 Å². The maximum absolute atomic E-state index is 12.6. The van der Waals surface area contributed by atoms with Crippen molar-refractivity contribution in [2.24, 2.45) is 0 Å². The second-order valence-electron chi connectivity index (χ2n) is 5.73. The summed E-state index contributed by atoms with van der Waals surface area (Å²) in [6.07, 6.45) is 4.01. The molecule has 1 aromatic rings. The number of nitrogens with one attached hydrogen (secondary N) is 2. The van der Waals surface area contributed by atoms with Gasteiger partial charge in [0.15, 0.2) is 0 Å². The Kier molecular flexibility index (Phi) is 5.95. The molecule has 2 aliphatic heterocycles. The Bertz CT molecular complexity index is 545. The Balaban J connectivity index is 0.00000176. The highest BCUT2D eigenvalue weighted by molar-refractivity contribution is 6.31. The number of halogens is 2. The molecule has 2 atom stereocenters. The Morgan fingerprint density at radius 3 is 3.05 bits per heavy atom. The highest BCUT2D eigenvalue weighted by atomic mass is 35.5. The molecular formula is C16H22Cl2N2O2. The third-order valence-electron chi connectivity index (χ3n) is 4.33. The standard InChI is InChI=1S/C16H21ClN2O2.ClH/c1-2-13(14-4-3-6-18-14)19-16(20)12-9-11(17)8-10-5-7-21-15(10)12;/h8-9,13-14,18H,2-7H2,1H3,(H,19,20);1H. The molecule has 1 aromatic carbocycles. The third kappa shape index (κ3) is 3.50. The Morgan fingerprint density at radius 2 is 2.36 bits per heavy atom. The number of fused-ring (bicyclic) bond motifs is 1.